The summed E-state index contributed by atoms with van der Waals surface area (Å²) in [6, 6.07) is 24.3. The molecule has 0 spiro atoms. The van der Waals surface area contributed by atoms with E-state index in [0.717, 1.165) is 43.1 Å². The van der Waals surface area contributed by atoms with Crippen LogP contribution >= 0.6 is 0 Å². The Bertz CT molecular complexity index is 1100. The number of hydrogen-bond donors (Lipinski definition) is 2. The number of benzene rings is 3. The second-order valence-corrected chi connectivity index (χ2v) is 8.58. The number of carboxylic acid groups (broad SMARTS) is 1. The minimum atomic E-state index is -0.916. The summed E-state index contributed by atoms with van der Waals surface area (Å²) in [5.74, 6) is 0.530. The van der Waals surface area contributed by atoms with Gasteiger partial charge in [0.25, 0.3) is 0 Å². The lowest BCUT2D eigenvalue weighted by molar-refractivity contribution is -0.117. The van der Waals surface area contributed by atoms with Crippen LogP contribution in [0.1, 0.15) is 22.3 Å². The van der Waals surface area contributed by atoms with Crippen LogP contribution in [0.2, 0.25) is 0 Å². The van der Waals surface area contributed by atoms with Crippen molar-refractivity contribution >= 4 is 17.6 Å². The molecule has 1 aliphatic heterocycles. The first-order chi connectivity index (χ1) is 16.5. The third-order valence-corrected chi connectivity index (χ3v) is 5.99. The fourth-order valence-corrected chi connectivity index (χ4v) is 4.12. The molecule has 4 rings (SSSR count). The Labute approximate surface area is 199 Å². The second kappa shape index (κ2) is 11.0. The fourth-order valence-electron chi connectivity index (χ4n) is 4.12. The molecule has 1 aliphatic rings. The summed E-state index contributed by atoms with van der Waals surface area (Å²) in [6.45, 7) is 2.77. The fraction of sp³-hybridized carbons (Fsp3) is 0.259. The molecule has 7 nitrogen and oxygen atoms in total. The van der Waals surface area contributed by atoms with Crippen molar-refractivity contribution < 1.29 is 19.4 Å². The molecule has 3 aromatic carbocycles. The van der Waals surface area contributed by atoms with Crippen molar-refractivity contribution in [3.63, 3.8) is 0 Å². The lowest BCUT2D eigenvalue weighted by Crippen LogP contribution is -2.36. The number of para-hydroxylation sites is 1. The number of amides is 1. The van der Waals surface area contributed by atoms with E-state index in [0.29, 0.717) is 23.9 Å². The molecule has 1 fully saturated rings. The Morgan fingerprint density at radius 2 is 1.68 bits per heavy atom. The molecule has 1 saturated heterocycles. The first-order valence-electron chi connectivity index (χ1n) is 11.3. The van der Waals surface area contributed by atoms with E-state index < -0.39 is 5.97 Å². The number of anilines is 1. The summed E-state index contributed by atoms with van der Waals surface area (Å²) in [7, 11) is 2.07. The number of nitrogens with one attached hydrogen (secondary N) is 1. The Balaban J connectivity index is 1.22. The van der Waals surface area contributed by atoms with E-state index in [1.54, 1.807) is 12.1 Å². The van der Waals surface area contributed by atoms with Crippen LogP contribution < -0.4 is 10.1 Å². The molecule has 1 amide bonds. The lowest BCUT2D eigenvalue weighted by atomic mass is 10.1. The van der Waals surface area contributed by atoms with Gasteiger partial charge in [-0.25, -0.2) is 4.79 Å². The van der Waals surface area contributed by atoms with Gasteiger partial charge in [-0.1, -0.05) is 30.3 Å². The Hall–Kier alpha value is -3.68. The number of likely N-dealkylation sites (N-methyl/N-ethyl adjacent to an activating group) is 1. The average molecular weight is 460 g/mol. The molecular weight excluding hydrogens is 430 g/mol. The summed E-state index contributed by atoms with van der Waals surface area (Å²) in [6.07, 6.45) is 0.989. The van der Waals surface area contributed by atoms with Gasteiger partial charge >= 0.3 is 5.97 Å². The van der Waals surface area contributed by atoms with Gasteiger partial charge in [0.1, 0.15) is 11.5 Å². The number of hydrogen-bond acceptors (Lipinski definition) is 5. The van der Waals surface area contributed by atoms with E-state index >= 15 is 0 Å². The number of carboxylic acids is 1. The smallest absolute Gasteiger partial charge is 0.335 e. The van der Waals surface area contributed by atoms with Crippen molar-refractivity contribution in [2.45, 2.75) is 19.0 Å². The largest absolute Gasteiger partial charge is 0.478 e. The van der Waals surface area contributed by atoms with Crippen molar-refractivity contribution in [1.82, 2.24) is 9.80 Å². The monoisotopic (exact) mass is 459 g/mol. The van der Waals surface area contributed by atoms with E-state index in [1.807, 2.05) is 66.7 Å². The van der Waals surface area contributed by atoms with Crippen LogP contribution in [0.25, 0.3) is 0 Å². The molecule has 0 aromatic heterocycles. The molecule has 176 valence electrons. The van der Waals surface area contributed by atoms with Crippen molar-refractivity contribution in [2.24, 2.45) is 0 Å². The van der Waals surface area contributed by atoms with Gasteiger partial charge in [-0.2, -0.15) is 0 Å². The van der Waals surface area contributed by atoms with E-state index in [4.69, 9.17) is 9.84 Å². The maximum atomic E-state index is 12.6. The number of rotatable bonds is 9. The van der Waals surface area contributed by atoms with E-state index in [9.17, 15) is 9.59 Å². The maximum absolute atomic E-state index is 12.6. The van der Waals surface area contributed by atoms with Crippen LogP contribution in [-0.2, 0) is 11.3 Å². The third-order valence-electron chi connectivity index (χ3n) is 5.99. The summed E-state index contributed by atoms with van der Waals surface area (Å²) >= 11 is 0. The van der Waals surface area contributed by atoms with Gasteiger partial charge < -0.3 is 15.2 Å². The number of ether oxygens (including phenoxy) is 1. The van der Waals surface area contributed by atoms with Crippen LogP contribution in [0.4, 0.5) is 5.69 Å². The number of carbonyl (C=O) groups is 2. The molecule has 7 heteroatoms. The van der Waals surface area contributed by atoms with Crippen LogP contribution in [0.15, 0.2) is 78.9 Å². The van der Waals surface area contributed by atoms with E-state index in [2.05, 4.69) is 22.2 Å². The van der Waals surface area contributed by atoms with Crippen molar-refractivity contribution in [1.29, 1.82) is 0 Å². The van der Waals surface area contributed by atoms with Crippen molar-refractivity contribution in [3.05, 3.63) is 90.0 Å². The summed E-state index contributed by atoms with van der Waals surface area (Å²) < 4.78 is 5.79. The molecule has 34 heavy (non-hydrogen) atoms. The first kappa shape index (κ1) is 23.5. The maximum Gasteiger partial charge on any atom is 0.335 e. The molecular formula is C27H29N3O4. The van der Waals surface area contributed by atoms with Gasteiger partial charge in [-0.3, -0.25) is 14.6 Å². The predicted molar refractivity (Wildman–Crippen MR) is 131 cm³/mol. The quantitative estimate of drug-likeness (QED) is 0.496. The molecule has 0 bridgehead atoms. The number of carbonyl (C=O) groups excluding carboxylic acids is 1. The van der Waals surface area contributed by atoms with Crippen molar-refractivity contribution in [2.75, 3.05) is 32.0 Å². The Kier molecular flexibility index (Phi) is 7.57. The van der Waals surface area contributed by atoms with E-state index in [-0.39, 0.29) is 5.91 Å². The molecule has 1 unspecified atom stereocenters. The number of likely N-dealkylation sites (tertiary alicyclic amines) is 1. The lowest BCUT2D eigenvalue weighted by Gasteiger charge is -2.24. The highest BCUT2D eigenvalue weighted by Crippen LogP contribution is 2.23. The van der Waals surface area contributed by atoms with Gasteiger partial charge in [0.15, 0.2) is 0 Å². The summed E-state index contributed by atoms with van der Waals surface area (Å²) in [5, 5.41) is 12.0. The molecule has 3 aromatic rings. The first-order valence-corrected chi connectivity index (χ1v) is 11.3. The minimum absolute atomic E-state index is 0.0377. The third kappa shape index (κ3) is 6.43. The highest BCUT2D eigenvalue weighted by atomic mass is 16.5. The van der Waals surface area contributed by atoms with Gasteiger partial charge in [-0.15, -0.1) is 0 Å². The highest BCUT2D eigenvalue weighted by molar-refractivity contribution is 5.92. The van der Waals surface area contributed by atoms with Crippen LogP contribution in [0, 0.1) is 0 Å². The second-order valence-electron chi connectivity index (χ2n) is 8.58. The molecule has 1 atom stereocenters. The minimum Gasteiger partial charge on any atom is -0.478 e. The Morgan fingerprint density at radius 3 is 2.35 bits per heavy atom. The topological polar surface area (TPSA) is 82.1 Å². The molecule has 2 N–H and O–H groups in total. The van der Waals surface area contributed by atoms with Gasteiger partial charge in [0.2, 0.25) is 5.91 Å². The summed E-state index contributed by atoms with van der Waals surface area (Å²) in [5.41, 5.74) is 2.11. The molecule has 0 radical (unpaired) electrons. The zero-order valence-corrected chi connectivity index (χ0v) is 19.2. The van der Waals surface area contributed by atoms with Crippen LogP contribution in [0.5, 0.6) is 11.5 Å². The van der Waals surface area contributed by atoms with Crippen molar-refractivity contribution in [3.8, 4) is 11.5 Å². The highest BCUT2D eigenvalue weighted by Gasteiger charge is 2.27. The van der Waals surface area contributed by atoms with Gasteiger partial charge in [0, 0.05) is 31.4 Å². The Morgan fingerprint density at radius 1 is 1.00 bits per heavy atom. The van der Waals surface area contributed by atoms with Gasteiger partial charge in [0.05, 0.1) is 12.1 Å². The van der Waals surface area contributed by atoms with Crippen LogP contribution in [0.3, 0.4) is 0 Å². The van der Waals surface area contributed by atoms with Gasteiger partial charge in [-0.05, 0) is 67.6 Å². The summed E-state index contributed by atoms with van der Waals surface area (Å²) in [4.78, 5) is 28.0. The number of nitrogens with zero attached hydrogens (tertiary/aromatic N) is 2. The van der Waals surface area contributed by atoms with E-state index in [1.165, 1.54) is 0 Å². The standard InChI is InChI=1S/C27H29N3O4/c1-29(17-20-7-9-21(10-8-20)27(32)33)23-15-16-30(18-23)19-26(31)28-22-11-13-25(14-12-22)34-24-5-3-2-4-6-24/h2-14,23H,15-19H2,1H3,(H,28,31)(H,32,33). The van der Waals surface area contributed by atoms with Crippen LogP contribution in [-0.4, -0.2) is 59.5 Å². The average Bonchev–Trinajstić information content (AvgIpc) is 3.30. The number of aromatic carboxylic acids is 1. The molecule has 0 aliphatic carbocycles. The molecule has 0 saturated carbocycles. The normalized spacial score (nSPS) is 15.9. The SMILES string of the molecule is CN(Cc1ccc(C(=O)O)cc1)C1CCN(CC(=O)Nc2ccc(Oc3ccccc3)cc2)C1. The zero-order chi connectivity index (χ0) is 23.9. The molecule has 1 heterocycles. The predicted octanol–water partition coefficient (Wildman–Crippen LogP) is 4.32. The zero-order valence-electron chi connectivity index (χ0n) is 19.2.